The molecule has 4 aromatic carbocycles. The summed E-state index contributed by atoms with van der Waals surface area (Å²) in [6.07, 6.45) is 1.11. The molecule has 0 radical (unpaired) electrons. The van der Waals surface area contributed by atoms with Crippen LogP contribution in [0.4, 0.5) is 0 Å². The monoisotopic (exact) mass is 562 g/mol. The van der Waals surface area contributed by atoms with Gasteiger partial charge in [0.1, 0.15) is 11.8 Å². The van der Waals surface area contributed by atoms with E-state index in [4.69, 9.17) is 27.9 Å². The second-order valence-electron chi connectivity index (χ2n) is 9.55. The summed E-state index contributed by atoms with van der Waals surface area (Å²) < 4.78 is 6.05. The molecule has 0 aliphatic rings. The van der Waals surface area contributed by atoms with Gasteiger partial charge in [-0.3, -0.25) is 9.59 Å². The standard InChI is InChI=1S/C32H32Cl2N2O3/c1-3-22(2)35-32(38)29(18-23-10-5-4-6-11-23)36(20-25-16-17-26(33)19-28(25)34)31(37)21-39-30-15-9-13-24-12-7-8-14-27(24)30/h4-17,19,22,29H,3,18,20-21H2,1-2H3,(H,35,38)/t22-,29-/m1/s1. The third-order valence-electron chi connectivity index (χ3n) is 6.73. The van der Waals surface area contributed by atoms with Crippen molar-refractivity contribution in [3.05, 3.63) is 112 Å². The van der Waals surface area contributed by atoms with Crippen molar-refractivity contribution in [1.29, 1.82) is 0 Å². The van der Waals surface area contributed by atoms with Crippen molar-refractivity contribution in [1.82, 2.24) is 10.2 Å². The highest BCUT2D eigenvalue weighted by molar-refractivity contribution is 6.35. The van der Waals surface area contributed by atoms with Crippen LogP contribution in [-0.4, -0.2) is 35.4 Å². The highest BCUT2D eigenvalue weighted by Crippen LogP contribution is 2.27. The Morgan fingerprint density at radius 3 is 2.38 bits per heavy atom. The lowest BCUT2D eigenvalue weighted by Crippen LogP contribution is -2.53. The second kappa shape index (κ2) is 13.5. The van der Waals surface area contributed by atoms with Crippen LogP contribution in [0.5, 0.6) is 5.75 Å². The maximum atomic E-state index is 13.9. The largest absolute Gasteiger partial charge is 0.483 e. The summed E-state index contributed by atoms with van der Waals surface area (Å²) in [5, 5.41) is 5.92. The zero-order chi connectivity index (χ0) is 27.8. The van der Waals surface area contributed by atoms with Crippen molar-refractivity contribution in [3.8, 4) is 5.75 Å². The van der Waals surface area contributed by atoms with Gasteiger partial charge in [0.25, 0.3) is 5.91 Å². The number of fused-ring (bicyclic) bond motifs is 1. The number of amides is 2. The lowest BCUT2D eigenvalue weighted by atomic mass is 10.0. The summed E-state index contributed by atoms with van der Waals surface area (Å²) in [5.41, 5.74) is 1.63. The Morgan fingerprint density at radius 2 is 1.64 bits per heavy atom. The molecule has 4 aromatic rings. The number of hydrogen-bond donors (Lipinski definition) is 1. The lowest BCUT2D eigenvalue weighted by Gasteiger charge is -2.32. The fourth-order valence-corrected chi connectivity index (χ4v) is 4.84. The maximum Gasteiger partial charge on any atom is 0.261 e. The molecule has 0 bridgehead atoms. The molecule has 0 saturated heterocycles. The van der Waals surface area contributed by atoms with Gasteiger partial charge in [-0.25, -0.2) is 0 Å². The third-order valence-corrected chi connectivity index (χ3v) is 7.32. The van der Waals surface area contributed by atoms with Crippen molar-refractivity contribution in [3.63, 3.8) is 0 Å². The molecule has 0 unspecified atom stereocenters. The molecule has 7 heteroatoms. The van der Waals surface area contributed by atoms with E-state index >= 15 is 0 Å². The first-order chi connectivity index (χ1) is 18.9. The molecule has 2 amide bonds. The number of nitrogens with one attached hydrogen (secondary N) is 1. The van der Waals surface area contributed by atoms with Gasteiger partial charge in [0.05, 0.1) is 0 Å². The molecule has 4 rings (SSSR count). The van der Waals surface area contributed by atoms with Crippen molar-refractivity contribution < 1.29 is 14.3 Å². The van der Waals surface area contributed by atoms with Gasteiger partial charge >= 0.3 is 0 Å². The summed E-state index contributed by atoms with van der Waals surface area (Å²) >= 11 is 12.6. The van der Waals surface area contributed by atoms with Crippen molar-refractivity contribution in [2.24, 2.45) is 0 Å². The van der Waals surface area contributed by atoms with Crippen LogP contribution in [0.3, 0.4) is 0 Å². The second-order valence-corrected chi connectivity index (χ2v) is 10.4. The summed E-state index contributed by atoms with van der Waals surface area (Å²) in [4.78, 5) is 29.1. The van der Waals surface area contributed by atoms with Crippen LogP contribution in [-0.2, 0) is 22.6 Å². The van der Waals surface area contributed by atoms with Gasteiger partial charge in [0.15, 0.2) is 6.61 Å². The van der Waals surface area contributed by atoms with E-state index in [1.165, 1.54) is 0 Å². The number of benzene rings is 4. The van der Waals surface area contributed by atoms with Crippen LogP contribution < -0.4 is 10.1 Å². The molecule has 202 valence electrons. The number of hydrogen-bond acceptors (Lipinski definition) is 3. The molecule has 5 nitrogen and oxygen atoms in total. The van der Waals surface area contributed by atoms with E-state index in [2.05, 4.69) is 5.32 Å². The van der Waals surface area contributed by atoms with Gasteiger partial charge in [0.2, 0.25) is 5.91 Å². The molecule has 0 aliphatic carbocycles. The summed E-state index contributed by atoms with van der Waals surface area (Å²) in [5.74, 6) is 0.0561. The van der Waals surface area contributed by atoms with E-state index < -0.39 is 6.04 Å². The van der Waals surface area contributed by atoms with E-state index in [0.29, 0.717) is 27.8 Å². The van der Waals surface area contributed by atoms with Gasteiger partial charge in [0, 0.05) is 34.4 Å². The zero-order valence-corrected chi connectivity index (χ0v) is 23.6. The highest BCUT2D eigenvalue weighted by atomic mass is 35.5. The minimum Gasteiger partial charge on any atom is -0.483 e. The Hall–Kier alpha value is -3.54. The highest BCUT2D eigenvalue weighted by Gasteiger charge is 2.31. The van der Waals surface area contributed by atoms with E-state index in [1.54, 1.807) is 23.1 Å². The minimum absolute atomic E-state index is 0.0428. The molecular formula is C32H32Cl2N2O3. The Bertz CT molecular complexity index is 1420. The van der Waals surface area contributed by atoms with Gasteiger partial charge in [-0.15, -0.1) is 0 Å². The van der Waals surface area contributed by atoms with Crippen LogP contribution in [0, 0.1) is 0 Å². The van der Waals surface area contributed by atoms with E-state index in [1.807, 2.05) is 86.6 Å². The third kappa shape index (κ3) is 7.53. The number of ether oxygens (including phenoxy) is 1. The fourth-order valence-electron chi connectivity index (χ4n) is 4.37. The predicted molar refractivity (Wildman–Crippen MR) is 158 cm³/mol. The Morgan fingerprint density at radius 1 is 0.923 bits per heavy atom. The Balaban J connectivity index is 1.67. The van der Waals surface area contributed by atoms with Crippen molar-refractivity contribution >= 4 is 45.8 Å². The van der Waals surface area contributed by atoms with Crippen LogP contribution in [0.25, 0.3) is 10.8 Å². The van der Waals surface area contributed by atoms with Crippen molar-refractivity contribution in [2.45, 2.75) is 45.3 Å². The summed E-state index contributed by atoms with van der Waals surface area (Å²) in [6.45, 7) is 3.84. The molecule has 0 saturated carbocycles. The molecule has 0 fully saturated rings. The average molecular weight is 564 g/mol. The fraction of sp³-hybridized carbons (Fsp3) is 0.250. The zero-order valence-electron chi connectivity index (χ0n) is 22.1. The molecule has 0 aromatic heterocycles. The Kier molecular flexibility index (Phi) is 9.85. The minimum atomic E-state index is -0.781. The molecular weight excluding hydrogens is 531 g/mol. The van der Waals surface area contributed by atoms with Crippen LogP contribution in [0.1, 0.15) is 31.4 Å². The smallest absolute Gasteiger partial charge is 0.261 e. The quantitative estimate of drug-likeness (QED) is 0.212. The average Bonchev–Trinajstić information content (AvgIpc) is 2.95. The number of rotatable bonds is 11. The maximum absolute atomic E-state index is 13.9. The van der Waals surface area contributed by atoms with Crippen LogP contribution in [0.15, 0.2) is 91.0 Å². The van der Waals surface area contributed by atoms with Crippen LogP contribution in [0.2, 0.25) is 10.0 Å². The lowest BCUT2D eigenvalue weighted by molar-refractivity contribution is -0.143. The molecule has 2 atom stereocenters. The number of nitrogens with zero attached hydrogens (tertiary/aromatic N) is 1. The number of carbonyl (C=O) groups is 2. The first-order valence-corrected chi connectivity index (χ1v) is 13.8. The number of halogens is 2. The summed E-state index contributed by atoms with van der Waals surface area (Å²) in [7, 11) is 0. The van der Waals surface area contributed by atoms with Crippen molar-refractivity contribution in [2.75, 3.05) is 6.61 Å². The molecule has 0 aliphatic heterocycles. The Labute approximate surface area is 239 Å². The number of carbonyl (C=O) groups excluding carboxylic acids is 2. The van der Waals surface area contributed by atoms with E-state index in [-0.39, 0.29) is 31.0 Å². The first-order valence-electron chi connectivity index (χ1n) is 13.0. The normalized spacial score (nSPS) is 12.5. The van der Waals surface area contributed by atoms with E-state index in [9.17, 15) is 9.59 Å². The van der Waals surface area contributed by atoms with Gasteiger partial charge in [-0.1, -0.05) is 103 Å². The topological polar surface area (TPSA) is 58.6 Å². The SMILES string of the molecule is CC[C@@H](C)NC(=O)[C@@H](Cc1ccccc1)N(Cc1ccc(Cl)cc1Cl)C(=O)COc1cccc2ccccc12. The molecule has 39 heavy (non-hydrogen) atoms. The molecule has 1 N–H and O–H groups in total. The molecule has 0 spiro atoms. The first kappa shape index (κ1) is 28.5. The van der Waals surface area contributed by atoms with Crippen LogP contribution >= 0.6 is 23.2 Å². The van der Waals surface area contributed by atoms with E-state index in [0.717, 1.165) is 22.8 Å². The van der Waals surface area contributed by atoms with Gasteiger partial charge in [-0.05, 0) is 48.1 Å². The summed E-state index contributed by atoms with van der Waals surface area (Å²) in [6, 6.07) is 27.6. The predicted octanol–water partition coefficient (Wildman–Crippen LogP) is 7.08. The van der Waals surface area contributed by atoms with Gasteiger partial charge in [-0.2, -0.15) is 0 Å². The molecule has 0 heterocycles. The van der Waals surface area contributed by atoms with Gasteiger partial charge < -0.3 is 15.0 Å².